The predicted molar refractivity (Wildman–Crippen MR) is 112 cm³/mol. The van der Waals surface area contributed by atoms with Gasteiger partial charge in [0, 0.05) is 23.6 Å². The molecule has 150 valence electrons. The third kappa shape index (κ3) is 4.63. The highest BCUT2D eigenvalue weighted by Crippen LogP contribution is 2.18. The van der Waals surface area contributed by atoms with Gasteiger partial charge in [-0.1, -0.05) is 30.3 Å². The summed E-state index contributed by atoms with van der Waals surface area (Å²) in [7, 11) is 1.55. The van der Waals surface area contributed by atoms with Gasteiger partial charge < -0.3 is 14.6 Å². The number of anilines is 1. The van der Waals surface area contributed by atoms with Crippen LogP contribution in [0.3, 0.4) is 0 Å². The Morgan fingerprint density at radius 1 is 1.00 bits per heavy atom. The number of hydrogen-bond donors (Lipinski definition) is 1. The van der Waals surface area contributed by atoms with Crippen molar-refractivity contribution in [2.45, 2.75) is 26.9 Å². The van der Waals surface area contributed by atoms with E-state index in [0.717, 1.165) is 21.3 Å². The van der Waals surface area contributed by atoms with Crippen molar-refractivity contribution < 1.29 is 9.53 Å². The fraction of sp³-hybridized carbons (Fsp3) is 0.227. The smallest absolute Gasteiger partial charge is 0.316 e. The Kier molecular flexibility index (Phi) is 5.97. The summed E-state index contributed by atoms with van der Waals surface area (Å²) in [6, 6.07) is 13.0. The van der Waals surface area contributed by atoms with E-state index < -0.39 is 11.1 Å². The summed E-state index contributed by atoms with van der Waals surface area (Å²) in [5.74, 6) is 0.263. The maximum absolute atomic E-state index is 12.5. The van der Waals surface area contributed by atoms with E-state index in [0.29, 0.717) is 11.4 Å². The summed E-state index contributed by atoms with van der Waals surface area (Å²) in [6.07, 6.45) is 2.95. The van der Waals surface area contributed by atoms with Crippen molar-refractivity contribution >= 4 is 11.6 Å². The molecule has 3 rings (SSSR count). The molecular weight excluding hydrogens is 370 g/mol. The van der Waals surface area contributed by atoms with Gasteiger partial charge in [-0.15, -0.1) is 0 Å². The Morgan fingerprint density at radius 2 is 1.69 bits per heavy atom. The first-order valence-electron chi connectivity index (χ1n) is 9.18. The zero-order valence-electron chi connectivity index (χ0n) is 16.6. The molecule has 1 aromatic heterocycles. The lowest BCUT2D eigenvalue weighted by Crippen LogP contribution is -2.42. The van der Waals surface area contributed by atoms with Crippen molar-refractivity contribution in [2.24, 2.45) is 0 Å². The number of rotatable bonds is 6. The molecule has 7 heteroatoms. The number of amides is 1. The van der Waals surface area contributed by atoms with E-state index in [1.54, 1.807) is 13.2 Å². The maximum Gasteiger partial charge on any atom is 0.316 e. The number of aromatic nitrogens is 2. The van der Waals surface area contributed by atoms with Crippen LogP contribution in [-0.2, 0) is 17.9 Å². The van der Waals surface area contributed by atoms with E-state index in [1.807, 2.05) is 50.2 Å². The number of methoxy groups -OCH3 is 1. The molecule has 0 saturated heterocycles. The van der Waals surface area contributed by atoms with Gasteiger partial charge in [0.05, 0.1) is 13.7 Å². The van der Waals surface area contributed by atoms with Crippen molar-refractivity contribution in [1.29, 1.82) is 0 Å². The molecule has 0 aliphatic heterocycles. The molecule has 0 atom stereocenters. The van der Waals surface area contributed by atoms with Gasteiger partial charge in [0.2, 0.25) is 5.91 Å². The Morgan fingerprint density at radius 3 is 2.45 bits per heavy atom. The second-order valence-corrected chi connectivity index (χ2v) is 6.84. The van der Waals surface area contributed by atoms with Crippen LogP contribution in [-0.4, -0.2) is 22.2 Å². The zero-order valence-corrected chi connectivity index (χ0v) is 16.6. The SMILES string of the molecule is COc1ccccc1Cn1ccn(CC(=O)Nc2cc(C)ccc2C)c(=O)c1=O. The molecule has 29 heavy (non-hydrogen) atoms. The highest BCUT2D eigenvalue weighted by atomic mass is 16.5. The average molecular weight is 393 g/mol. The fourth-order valence-corrected chi connectivity index (χ4v) is 3.02. The average Bonchev–Trinajstić information content (AvgIpc) is 2.71. The lowest BCUT2D eigenvalue weighted by Gasteiger charge is -2.12. The Labute approximate surface area is 168 Å². The van der Waals surface area contributed by atoms with E-state index in [4.69, 9.17) is 4.74 Å². The van der Waals surface area contributed by atoms with Gasteiger partial charge in [-0.2, -0.15) is 0 Å². The van der Waals surface area contributed by atoms with Crippen LogP contribution in [0.25, 0.3) is 0 Å². The van der Waals surface area contributed by atoms with Crippen LogP contribution in [0.15, 0.2) is 64.4 Å². The summed E-state index contributed by atoms with van der Waals surface area (Å²) < 4.78 is 7.70. The monoisotopic (exact) mass is 393 g/mol. The van der Waals surface area contributed by atoms with Crippen molar-refractivity contribution in [3.05, 3.63) is 92.3 Å². The Bertz CT molecular complexity index is 1160. The summed E-state index contributed by atoms with van der Waals surface area (Å²) in [5, 5.41) is 2.79. The standard InChI is InChI=1S/C22H23N3O4/c1-15-8-9-16(2)18(12-15)23-20(26)14-25-11-10-24(21(27)22(25)28)13-17-6-4-5-7-19(17)29-3/h4-12H,13-14H2,1-3H3,(H,23,26). The number of carbonyl (C=O) groups excluding carboxylic acids is 1. The second kappa shape index (κ2) is 8.60. The third-order valence-electron chi connectivity index (χ3n) is 4.65. The minimum Gasteiger partial charge on any atom is -0.496 e. The van der Waals surface area contributed by atoms with Crippen LogP contribution in [0.1, 0.15) is 16.7 Å². The van der Waals surface area contributed by atoms with Gasteiger partial charge in [0.1, 0.15) is 12.3 Å². The van der Waals surface area contributed by atoms with Crippen LogP contribution in [0.4, 0.5) is 5.69 Å². The van der Waals surface area contributed by atoms with Crippen molar-refractivity contribution in [3.63, 3.8) is 0 Å². The number of hydrogen-bond acceptors (Lipinski definition) is 4. The minimum absolute atomic E-state index is 0.202. The van der Waals surface area contributed by atoms with Gasteiger partial charge in [-0.3, -0.25) is 19.0 Å². The zero-order chi connectivity index (χ0) is 21.0. The molecular formula is C22H23N3O4. The number of carbonyl (C=O) groups is 1. The van der Waals surface area contributed by atoms with Crippen molar-refractivity contribution in [1.82, 2.24) is 9.13 Å². The van der Waals surface area contributed by atoms with Gasteiger partial charge in [0.15, 0.2) is 0 Å². The highest BCUT2D eigenvalue weighted by molar-refractivity contribution is 5.91. The van der Waals surface area contributed by atoms with Crippen molar-refractivity contribution in [3.8, 4) is 5.75 Å². The summed E-state index contributed by atoms with van der Waals surface area (Å²) >= 11 is 0. The number of nitrogens with zero attached hydrogens (tertiary/aromatic N) is 2. The van der Waals surface area contributed by atoms with E-state index in [-0.39, 0.29) is 19.0 Å². The second-order valence-electron chi connectivity index (χ2n) is 6.84. The summed E-state index contributed by atoms with van der Waals surface area (Å²) in [5.41, 5.74) is 1.96. The van der Waals surface area contributed by atoms with Gasteiger partial charge in [0.25, 0.3) is 0 Å². The molecule has 3 aromatic rings. The molecule has 0 spiro atoms. The quantitative estimate of drug-likeness (QED) is 0.652. The minimum atomic E-state index is -0.751. The first-order valence-corrected chi connectivity index (χ1v) is 9.18. The molecule has 1 N–H and O–H groups in total. The lowest BCUT2D eigenvalue weighted by atomic mass is 10.1. The van der Waals surface area contributed by atoms with Crippen molar-refractivity contribution in [2.75, 3.05) is 12.4 Å². The number of ether oxygens (including phenoxy) is 1. The van der Waals surface area contributed by atoms with Crippen LogP contribution in [0, 0.1) is 13.8 Å². The molecule has 0 radical (unpaired) electrons. The fourth-order valence-electron chi connectivity index (χ4n) is 3.02. The molecule has 0 aliphatic carbocycles. The molecule has 1 heterocycles. The normalized spacial score (nSPS) is 10.6. The van der Waals surface area contributed by atoms with Crippen LogP contribution in [0.2, 0.25) is 0 Å². The maximum atomic E-state index is 12.5. The Balaban J connectivity index is 1.79. The molecule has 0 fully saturated rings. The number of nitrogens with one attached hydrogen (secondary N) is 1. The van der Waals surface area contributed by atoms with Gasteiger partial charge in [-0.25, -0.2) is 0 Å². The molecule has 1 amide bonds. The molecule has 7 nitrogen and oxygen atoms in total. The van der Waals surface area contributed by atoms with Crippen LogP contribution < -0.4 is 21.2 Å². The van der Waals surface area contributed by atoms with Gasteiger partial charge in [-0.05, 0) is 37.1 Å². The van der Waals surface area contributed by atoms with E-state index in [2.05, 4.69) is 5.32 Å². The van der Waals surface area contributed by atoms with E-state index in [9.17, 15) is 14.4 Å². The topological polar surface area (TPSA) is 82.3 Å². The van der Waals surface area contributed by atoms with E-state index in [1.165, 1.54) is 17.0 Å². The molecule has 0 aliphatic rings. The summed E-state index contributed by atoms with van der Waals surface area (Å²) in [6.45, 7) is 3.78. The number of para-hydroxylation sites is 1. The highest BCUT2D eigenvalue weighted by Gasteiger charge is 2.11. The first-order chi connectivity index (χ1) is 13.9. The third-order valence-corrected chi connectivity index (χ3v) is 4.65. The number of benzene rings is 2. The molecule has 2 aromatic carbocycles. The first kappa shape index (κ1) is 20.1. The molecule has 0 unspecified atom stereocenters. The Hall–Kier alpha value is -3.61. The predicted octanol–water partition coefficient (Wildman–Crippen LogP) is 2.32. The largest absolute Gasteiger partial charge is 0.496 e. The van der Waals surface area contributed by atoms with Gasteiger partial charge >= 0.3 is 11.1 Å². The van der Waals surface area contributed by atoms with E-state index >= 15 is 0 Å². The lowest BCUT2D eigenvalue weighted by molar-refractivity contribution is -0.116. The molecule has 0 saturated carbocycles. The van der Waals surface area contributed by atoms with Crippen LogP contribution >= 0.6 is 0 Å². The number of aryl methyl sites for hydroxylation is 2. The van der Waals surface area contributed by atoms with Crippen LogP contribution in [0.5, 0.6) is 5.75 Å². The molecule has 0 bridgehead atoms. The summed E-state index contributed by atoms with van der Waals surface area (Å²) in [4.78, 5) is 37.3.